The predicted molar refractivity (Wildman–Crippen MR) is 92.5 cm³/mol. The molecule has 0 bridgehead atoms. The lowest BCUT2D eigenvalue weighted by Gasteiger charge is -2.09. The second-order valence-electron chi connectivity index (χ2n) is 5.70. The number of ether oxygens (including phenoxy) is 1. The Bertz CT molecular complexity index is 969. The van der Waals surface area contributed by atoms with E-state index in [-0.39, 0.29) is 17.0 Å². The van der Waals surface area contributed by atoms with Crippen molar-refractivity contribution in [2.24, 2.45) is 0 Å². The van der Waals surface area contributed by atoms with E-state index in [1.54, 1.807) is 12.1 Å². The van der Waals surface area contributed by atoms with Gasteiger partial charge in [-0.05, 0) is 49.2 Å². The van der Waals surface area contributed by atoms with Crippen molar-refractivity contribution in [3.05, 3.63) is 64.7 Å². The van der Waals surface area contributed by atoms with Gasteiger partial charge in [0, 0.05) is 11.1 Å². The number of carbonyl (C=O) groups is 1. The molecule has 3 aromatic rings. The topological polar surface area (TPSA) is 75.3 Å². The Morgan fingerprint density at radius 3 is 2.50 bits per heavy atom. The molecule has 0 aliphatic heterocycles. The van der Waals surface area contributed by atoms with Crippen LogP contribution in [-0.4, -0.2) is 13.0 Å². The fraction of sp³-hybridized carbons (Fsp3) is 0.158. The number of rotatable bonds is 3. The highest BCUT2D eigenvalue weighted by Gasteiger charge is 2.14. The van der Waals surface area contributed by atoms with Crippen LogP contribution in [0.15, 0.2) is 46.9 Å². The number of amides is 1. The van der Waals surface area contributed by atoms with E-state index < -0.39 is 0 Å². The number of aryl methyl sites for hydroxylation is 2. The summed E-state index contributed by atoms with van der Waals surface area (Å²) in [5.74, 6) is 0.153. The zero-order chi connectivity index (χ0) is 17.3. The Morgan fingerprint density at radius 1 is 1.12 bits per heavy atom. The summed E-state index contributed by atoms with van der Waals surface area (Å²) in [5.41, 5.74) is 3.24. The maximum atomic E-state index is 12.5. The smallest absolute Gasteiger partial charge is 0.261 e. The molecule has 24 heavy (non-hydrogen) atoms. The highest BCUT2D eigenvalue weighted by atomic mass is 16.5. The summed E-state index contributed by atoms with van der Waals surface area (Å²) in [6.45, 7) is 3.94. The predicted octanol–water partition coefficient (Wildman–Crippen LogP) is 3.79. The van der Waals surface area contributed by atoms with E-state index in [0.29, 0.717) is 22.4 Å². The molecule has 0 fully saturated rings. The van der Waals surface area contributed by atoms with E-state index in [4.69, 9.17) is 14.6 Å². The van der Waals surface area contributed by atoms with Crippen LogP contribution >= 0.6 is 0 Å². The van der Waals surface area contributed by atoms with Crippen molar-refractivity contribution in [1.82, 2.24) is 0 Å². The van der Waals surface area contributed by atoms with Gasteiger partial charge in [0.1, 0.15) is 5.56 Å². The number of hydrogen-bond acceptors (Lipinski definition) is 4. The van der Waals surface area contributed by atoms with Gasteiger partial charge in [-0.15, -0.1) is 0 Å². The van der Waals surface area contributed by atoms with Crippen LogP contribution in [-0.2, 0) is 0 Å². The number of nitrogens with one attached hydrogen (secondary N) is 2. The van der Waals surface area contributed by atoms with Gasteiger partial charge in [0.25, 0.3) is 5.91 Å². The van der Waals surface area contributed by atoms with Gasteiger partial charge in [0.2, 0.25) is 5.55 Å². The Morgan fingerprint density at radius 2 is 1.83 bits per heavy atom. The molecule has 1 aromatic heterocycles. The first-order valence-electron chi connectivity index (χ1n) is 7.53. The maximum absolute atomic E-state index is 12.5. The molecule has 5 heteroatoms. The average molecular weight is 322 g/mol. The van der Waals surface area contributed by atoms with Crippen LogP contribution in [0.5, 0.6) is 5.75 Å². The van der Waals surface area contributed by atoms with Crippen LogP contribution in [0.1, 0.15) is 21.5 Å². The molecule has 0 spiro atoms. The normalized spacial score (nSPS) is 10.6. The van der Waals surface area contributed by atoms with Crippen molar-refractivity contribution in [2.45, 2.75) is 13.8 Å². The average Bonchev–Trinajstić information content (AvgIpc) is 2.52. The van der Waals surface area contributed by atoms with Crippen molar-refractivity contribution in [2.75, 3.05) is 12.4 Å². The lowest BCUT2D eigenvalue weighted by molar-refractivity contribution is 0.102. The SMILES string of the molecule is COc1cccc2cc(C(=O)Nc3cc(C)cc(C)c3)c(=N)oc12. The summed E-state index contributed by atoms with van der Waals surface area (Å²) in [6.07, 6.45) is 0. The minimum Gasteiger partial charge on any atom is -0.493 e. The molecule has 0 radical (unpaired) electrons. The number of methoxy groups -OCH3 is 1. The van der Waals surface area contributed by atoms with E-state index in [2.05, 4.69) is 5.32 Å². The van der Waals surface area contributed by atoms with Gasteiger partial charge >= 0.3 is 0 Å². The lowest BCUT2D eigenvalue weighted by Crippen LogP contribution is -2.21. The molecule has 3 rings (SSSR count). The Balaban J connectivity index is 2.01. The molecule has 1 amide bonds. The summed E-state index contributed by atoms with van der Waals surface area (Å²) in [7, 11) is 1.54. The zero-order valence-corrected chi connectivity index (χ0v) is 13.8. The van der Waals surface area contributed by atoms with Crippen molar-refractivity contribution in [3.8, 4) is 5.75 Å². The molecule has 1 heterocycles. The van der Waals surface area contributed by atoms with Gasteiger partial charge in [-0.25, -0.2) is 0 Å². The molecule has 122 valence electrons. The lowest BCUT2D eigenvalue weighted by atomic mass is 10.1. The van der Waals surface area contributed by atoms with Crippen molar-refractivity contribution >= 4 is 22.6 Å². The van der Waals surface area contributed by atoms with E-state index in [9.17, 15) is 4.79 Å². The second-order valence-corrected chi connectivity index (χ2v) is 5.70. The number of hydrogen-bond donors (Lipinski definition) is 2. The summed E-state index contributed by atoms with van der Waals surface area (Å²) < 4.78 is 10.7. The zero-order valence-electron chi connectivity index (χ0n) is 13.8. The van der Waals surface area contributed by atoms with Gasteiger partial charge in [-0.2, -0.15) is 0 Å². The Hall–Kier alpha value is -3.08. The molecule has 2 N–H and O–H groups in total. The number of benzene rings is 2. The summed E-state index contributed by atoms with van der Waals surface area (Å²) >= 11 is 0. The molecular formula is C19H18N2O3. The summed E-state index contributed by atoms with van der Waals surface area (Å²) in [4.78, 5) is 12.5. The van der Waals surface area contributed by atoms with Gasteiger partial charge < -0.3 is 14.5 Å². The Labute approximate surface area is 139 Å². The third kappa shape index (κ3) is 3.01. The molecule has 0 aliphatic rings. The number of fused-ring (bicyclic) bond motifs is 1. The summed E-state index contributed by atoms with van der Waals surface area (Å²) in [5, 5.41) is 11.6. The van der Waals surface area contributed by atoms with Gasteiger partial charge in [-0.3, -0.25) is 10.2 Å². The maximum Gasteiger partial charge on any atom is 0.261 e. The van der Waals surface area contributed by atoms with E-state index in [1.807, 2.05) is 44.2 Å². The first kappa shape index (κ1) is 15.8. The monoisotopic (exact) mass is 322 g/mol. The Kier molecular flexibility index (Phi) is 4.08. The molecular weight excluding hydrogens is 304 g/mol. The number of para-hydroxylation sites is 1. The van der Waals surface area contributed by atoms with Crippen LogP contribution in [0.4, 0.5) is 5.69 Å². The van der Waals surface area contributed by atoms with Crippen LogP contribution < -0.4 is 15.6 Å². The van der Waals surface area contributed by atoms with Gasteiger partial charge in [0.05, 0.1) is 7.11 Å². The van der Waals surface area contributed by atoms with E-state index >= 15 is 0 Å². The standard InChI is InChI=1S/C19H18N2O3/c1-11-7-12(2)9-14(8-11)21-19(22)15-10-13-5-4-6-16(23-3)17(13)24-18(15)20/h4-10,20H,1-3H3,(H,21,22). The molecule has 0 aliphatic carbocycles. The van der Waals surface area contributed by atoms with Crippen LogP contribution in [0, 0.1) is 19.3 Å². The molecule has 2 aromatic carbocycles. The molecule has 0 saturated carbocycles. The van der Waals surface area contributed by atoms with Crippen molar-refractivity contribution in [1.29, 1.82) is 5.41 Å². The summed E-state index contributed by atoms with van der Waals surface area (Å²) in [6, 6.07) is 12.8. The third-order valence-corrected chi connectivity index (χ3v) is 3.70. The third-order valence-electron chi connectivity index (χ3n) is 3.70. The second kappa shape index (κ2) is 6.20. The van der Waals surface area contributed by atoms with Crippen molar-refractivity contribution in [3.63, 3.8) is 0 Å². The molecule has 0 unspecified atom stereocenters. The van der Waals surface area contributed by atoms with Gasteiger partial charge in [-0.1, -0.05) is 18.2 Å². The van der Waals surface area contributed by atoms with E-state index in [0.717, 1.165) is 11.1 Å². The first-order valence-corrected chi connectivity index (χ1v) is 7.53. The van der Waals surface area contributed by atoms with Gasteiger partial charge in [0.15, 0.2) is 11.3 Å². The largest absolute Gasteiger partial charge is 0.493 e. The minimum absolute atomic E-state index is 0.176. The number of carbonyl (C=O) groups excluding carboxylic acids is 1. The molecule has 0 atom stereocenters. The number of anilines is 1. The highest BCUT2D eigenvalue weighted by molar-refractivity contribution is 6.05. The van der Waals surface area contributed by atoms with Crippen LogP contribution in [0.2, 0.25) is 0 Å². The van der Waals surface area contributed by atoms with Crippen LogP contribution in [0.3, 0.4) is 0 Å². The van der Waals surface area contributed by atoms with Crippen molar-refractivity contribution < 1.29 is 13.9 Å². The fourth-order valence-electron chi connectivity index (χ4n) is 2.71. The molecule has 0 saturated heterocycles. The van der Waals surface area contributed by atoms with Crippen LogP contribution in [0.25, 0.3) is 11.0 Å². The highest BCUT2D eigenvalue weighted by Crippen LogP contribution is 2.24. The quantitative estimate of drug-likeness (QED) is 0.770. The fourth-order valence-corrected chi connectivity index (χ4v) is 2.71. The minimum atomic E-state index is -0.376. The van der Waals surface area contributed by atoms with E-state index in [1.165, 1.54) is 7.11 Å². The molecule has 5 nitrogen and oxygen atoms in total. The first-order chi connectivity index (χ1) is 11.5.